The SMILES string of the molecule is COc1c(C)cc(CCC(C)(C)CCNC(C)C)cc1C. The highest BCUT2D eigenvalue weighted by atomic mass is 16.5. The number of benzene rings is 1. The number of rotatable bonds is 8. The molecule has 2 nitrogen and oxygen atoms in total. The smallest absolute Gasteiger partial charge is 0.124 e. The summed E-state index contributed by atoms with van der Waals surface area (Å²) in [6.45, 7) is 14.5. The zero-order valence-electron chi connectivity index (χ0n) is 15.0. The minimum absolute atomic E-state index is 0.379. The van der Waals surface area contributed by atoms with Gasteiger partial charge in [0.2, 0.25) is 0 Å². The summed E-state index contributed by atoms with van der Waals surface area (Å²) in [4.78, 5) is 0. The van der Waals surface area contributed by atoms with Crippen LogP contribution >= 0.6 is 0 Å². The molecule has 0 aliphatic heterocycles. The van der Waals surface area contributed by atoms with Crippen molar-refractivity contribution >= 4 is 0 Å². The third-order valence-corrected chi connectivity index (χ3v) is 4.17. The lowest BCUT2D eigenvalue weighted by molar-refractivity contribution is 0.298. The number of hydrogen-bond donors (Lipinski definition) is 1. The fourth-order valence-electron chi connectivity index (χ4n) is 2.81. The second-order valence-electron chi connectivity index (χ2n) is 7.29. The highest BCUT2D eigenvalue weighted by Crippen LogP contribution is 2.29. The van der Waals surface area contributed by atoms with Crippen molar-refractivity contribution in [3.05, 3.63) is 28.8 Å². The second kappa shape index (κ2) is 7.84. The van der Waals surface area contributed by atoms with Gasteiger partial charge in [-0.3, -0.25) is 0 Å². The molecule has 0 saturated heterocycles. The molecule has 1 aromatic carbocycles. The van der Waals surface area contributed by atoms with Crippen LogP contribution in [0.15, 0.2) is 12.1 Å². The number of nitrogens with one attached hydrogen (secondary N) is 1. The Labute approximate surface area is 131 Å². The Morgan fingerprint density at radius 3 is 2.14 bits per heavy atom. The van der Waals surface area contributed by atoms with Crippen LogP contribution in [0.25, 0.3) is 0 Å². The molecule has 1 N–H and O–H groups in total. The van der Waals surface area contributed by atoms with Gasteiger partial charge in [-0.25, -0.2) is 0 Å². The van der Waals surface area contributed by atoms with Gasteiger partial charge in [-0.2, -0.15) is 0 Å². The van der Waals surface area contributed by atoms with Crippen molar-refractivity contribution in [1.82, 2.24) is 5.32 Å². The molecule has 1 rings (SSSR count). The van der Waals surface area contributed by atoms with Crippen molar-refractivity contribution in [2.45, 2.75) is 66.8 Å². The molecule has 0 fully saturated rings. The van der Waals surface area contributed by atoms with Crippen LogP contribution in [-0.4, -0.2) is 19.7 Å². The molecule has 0 aliphatic rings. The molecule has 0 aliphatic carbocycles. The Kier molecular flexibility index (Phi) is 6.73. The van der Waals surface area contributed by atoms with Crippen molar-refractivity contribution in [1.29, 1.82) is 0 Å². The van der Waals surface area contributed by atoms with E-state index < -0.39 is 0 Å². The first kappa shape index (κ1) is 18.0. The number of methoxy groups -OCH3 is 1. The van der Waals surface area contributed by atoms with E-state index in [1.165, 1.54) is 29.5 Å². The van der Waals surface area contributed by atoms with Crippen molar-refractivity contribution in [3.63, 3.8) is 0 Å². The molecule has 1 aromatic rings. The van der Waals surface area contributed by atoms with E-state index in [0.717, 1.165) is 18.7 Å². The average Bonchev–Trinajstić information content (AvgIpc) is 2.35. The van der Waals surface area contributed by atoms with E-state index in [1.54, 1.807) is 7.11 Å². The number of ether oxygens (including phenoxy) is 1. The van der Waals surface area contributed by atoms with Crippen LogP contribution in [0, 0.1) is 19.3 Å². The van der Waals surface area contributed by atoms with Gasteiger partial charge in [0, 0.05) is 6.04 Å². The fraction of sp³-hybridized carbons (Fsp3) is 0.684. The van der Waals surface area contributed by atoms with Crippen LogP contribution in [-0.2, 0) is 6.42 Å². The lowest BCUT2D eigenvalue weighted by Gasteiger charge is -2.25. The Morgan fingerprint density at radius 2 is 1.67 bits per heavy atom. The van der Waals surface area contributed by atoms with Crippen LogP contribution in [0.4, 0.5) is 0 Å². The van der Waals surface area contributed by atoms with Gasteiger partial charge in [0.25, 0.3) is 0 Å². The molecule has 0 saturated carbocycles. The third kappa shape index (κ3) is 6.09. The molecule has 0 radical (unpaired) electrons. The number of hydrogen-bond acceptors (Lipinski definition) is 2. The Morgan fingerprint density at radius 1 is 1.10 bits per heavy atom. The van der Waals surface area contributed by atoms with Crippen LogP contribution in [0.5, 0.6) is 5.75 Å². The molecule has 0 bridgehead atoms. The summed E-state index contributed by atoms with van der Waals surface area (Å²) < 4.78 is 5.44. The molecule has 0 amide bonds. The molecule has 0 atom stereocenters. The third-order valence-electron chi connectivity index (χ3n) is 4.17. The summed E-state index contributed by atoms with van der Waals surface area (Å²) in [5, 5.41) is 3.52. The standard InChI is InChI=1S/C19H33NO/c1-14(2)20-11-10-19(5,6)9-8-17-12-15(3)18(21-7)16(4)13-17/h12-14,20H,8-11H2,1-7H3. The van der Waals surface area contributed by atoms with Crippen LogP contribution in [0.3, 0.4) is 0 Å². The number of aryl methyl sites for hydroxylation is 3. The molecular formula is C19H33NO. The van der Waals surface area contributed by atoms with Crippen LogP contribution in [0.2, 0.25) is 0 Å². The van der Waals surface area contributed by atoms with Gasteiger partial charge in [0.15, 0.2) is 0 Å². The predicted octanol–water partition coefficient (Wildman–Crippen LogP) is 4.66. The Bertz CT molecular complexity index is 426. The van der Waals surface area contributed by atoms with E-state index in [-0.39, 0.29) is 0 Å². The lowest BCUT2D eigenvalue weighted by Crippen LogP contribution is -2.28. The summed E-state index contributed by atoms with van der Waals surface area (Å²) in [7, 11) is 1.75. The zero-order valence-corrected chi connectivity index (χ0v) is 15.0. The van der Waals surface area contributed by atoms with Crippen molar-refractivity contribution in [2.75, 3.05) is 13.7 Å². The first-order valence-corrected chi connectivity index (χ1v) is 8.12. The summed E-state index contributed by atoms with van der Waals surface area (Å²) in [5.41, 5.74) is 4.29. The summed E-state index contributed by atoms with van der Waals surface area (Å²) in [6, 6.07) is 5.12. The predicted molar refractivity (Wildman–Crippen MR) is 92.3 cm³/mol. The molecule has 0 heterocycles. The second-order valence-corrected chi connectivity index (χ2v) is 7.29. The molecular weight excluding hydrogens is 258 g/mol. The van der Waals surface area contributed by atoms with E-state index >= 15 is 0 Å². The average molecular weight is 291 g/mol. The van der Waals surface area contributed by atoms with Crippen molar-refractivity contribution in [2.24, 2.45) is 5.41 Å². The van der Waals surface area contributed by atoms with Gasteiger partial charge in [-0.15, -0.1) is 0 Å². The minimum atomic E-state index is 0.379. The van der Waals surface area contributed by atoms with Gasteiger partial charge < -0.3 is 10.1 Å². The van der Waals surface area contributed by atoms with Crippen LogP contribution in [0.1, 0.15) is 57.2 Å². The molecule has 0 unspecified atom stereocenters. The molecule has 0 aromatic heterocycles. The maximum absolute atomic E-state index is 5.44. The first-order valence-electron chi connectivity index (χ1n) is 8.12. The topological polar surface area (TPSA) is 21.3 Å². The maximum Gasteiger partial charge on any atom is 0.124 e. The first-order chi connectivity index (χ1) is 9.75. The highest BCUT2D eigenvalue weighted by molar-refractivity contribution is 5.43. The largest absolute Gasteiger partial charge is 0.496 e. The van der Waals surface area contributed by atoms with Gasteiger partial charge in [0.05, 0.1) is 7.11 Å². The summed E-state index contributed by atoms with van der Waals surface area (Å²) >= 11 is 0. The van der Waals surface area contributed by atoms with E-state index in [1.807, 2.05) is 0 Å². The Balaban J connectivity index is 2.58. The minimum Gasteiger partial charge on any atom is -0.496 e. The quantitative estimate of drug-likeness (QED) is 0.752. The van der Waals surface area contributed by atoms with Gasteiger partial charge in [-0.05, 0) is 61.8 Å². The normalized spacial score (nSPS) is 12.0. The van der Waals surface area contributed by atoms with Gasteiger partial charge in [0.1, 0.15) is 5.75 Å². The van der Waals surface area contributed by atoms with E-state index in [4.69, 9.17) is 4.74 Å². The van der Waals surface area contributed by atoms with Crippen molar-refractivity contribution < 1.29 is 4.74 Å². The lowest BCUT2D eigenvalue weighted by atomic mass is 9.82. The monoisotopic (exact) mass is 291 g/mol. The summed E-state index contributed by atoms with van der Waals surface area (Å²) in [5.74, 6) is 1.03. The summed E-state index contributed by atoms with van der Waals surface area (Å²) in [6.07, 6.45) is 3.58. The van der Waals surface area contributed by atoms with Gasteiger partial charge in [-0.1, -0.05) is 39.8 Å². The molecule has 21 heavy (non-hydrogen) atoms. The van der Waals surface area contributed by atoms with E-state index in [9.17, 15) is 0 Å². The Hall–Kier alpha value is -1.02. The van der Waals surface area contributed by atoms with Crippen molar-refractivity contribution in [3.8, 4) is 5.75 Å². The fourth-order valence-corrected chi connectivity index (χ4v) is 2.81. The van der Waals surface area contributed by atoms with E-state index in [2.05, 4.69) is 59.0 Å². The zero-order chi connectivity index (χ0) is 16.0. The van der Waals surface area contributed by atoms with Gasteiger partial charge >= 0.3 is 0 Å². The van der Waals surface area contributed by atoms with E-state index in [0.29, 0.717) is 11.5 Å². The molecule has 120 valence electrons. The molecule has 2 heteroatoms. The molecule has 0 spiro atoms. The van der Waals surface area contributed by atoms with Crippen LogP contribution < -0.4 is 10.1 Å². The highest BCUT2D eigenvalue weighted by Gasteiger charge is 2.18. The maximum atomic E-state index is 5.44.